The molecule has 0 aliphatic rings. The molecule has 0 aromatic rings. The van der Waals surface area contributed by atoms with Gasteiger partial charge in [-0.15, -0.1) is 0 Å². The van der Waals surface area contributed by atoms with Crippen LogP contribution in [0, 0.1) is 0 Å². The SMILES string of the molecule is CC/C=C\C/C=C\C/C=C\C/C=C\C/C=C\CCCCCCCCCCCCCCCCCCCCCCCCCCCC(=O)OC(COC(=O)CCCCCCCCCCCCCCC/C=C\C/C=C\CCCCCCC)COP(=O)(O)OCC[N+](C)(C)C. The third-order valence-electron chi connectivity index (χ3n) is 16.9. The quantitative estimate of drug-likeness (QED) is 0.0211. The largest absolute Gasteiger partial charge is 0.472 e. The number of rotatable bonds is 71. The van der Waals surface area contributed by atoms with Crippen molar-refractivity contribution in [2.45, 2.75) is 367 Å². The van der Waals surface area contributed by atoms with Crippen molar-refractivity contribution in [1.29, 1.82) is 0 Å². The van der Waals surface area contributed by atoms with Crippen LogP contribution in [0.5, 0.6) is 0 Å². The van der Waals surface area contributed by atoms with Gasteiger partial charge in [-0.25, -0.2) is 4.57 Å². The fourth-order valence-electron chi connectivity index (χ4n) is 11.1. The van der Waals surface area contributed by atoms with Gasteiger partial charge in [-0.05, 0) is 89.9 Å². The molecule has 0 aliphatic carbocycles. The molecule has 1 N–H and O–H groups in total. The average molecular weight is 1280 g/mol. The Kier molecular flexibility index (Phi) is 68.3. The van der Waals surface area contributed by atoms with Gasteiger partial charge in [-0.1, -0.05) is 343 Å². The summed E-state index contributed by atoms with van der Waals surface area (Å²) in [6, 6.07) is 0. The molecule has 0 fully saturated rings. The summed E-state index contributed by atoms with van der Waals surface area (Å²) in [5.41, 5.74) is 0. The molecule has 90 heavy (non-hydrogen) atoms. The molecule has 0 saturated carbocycles. The average Bonchev–Trinajstić information content (AvgIpc) is 3.62. The van der Waals surface area contributed by atoms with Crippen molar-refractivity contribution in [3.05, 3.63) is 85.1 Å². The Balaban J connectivity index is 3.92. The topological polar surface area (TPSA) is 108 Å². The maximum Gasteiger partial charge on any atom is 0.472 e. The molecule has 0 aromatic heterocycles. The lowest BCUT2D eigenvalue weighted by atomic mass is 10.0. The number of phosphoric ester groups is 1. The molecule has 0 radical (unpaired) electrons. The summed E-state index contributed by atoms with van der Waals surface area (Å²) in [4.78, 5) is 35.9. The summed E-state index contributed by atoms with van der Waals surface area (Å²) in [6.45, 7) is 4.36. The van der Waals surface area contributed by atoms with E-state index in [1.54, 1.807) is 0 Å². The zero-order valence-corrected chi connectivity index (χ0v) is 60.8. The second-order valence-corrected chi connectivity index (χ2v) is 28.5. The van der Waals surface area contributed by atoms with Crippen LogP contribution >= 0.6 is 7.82 Å². The fraction of sp³-hybridized carbons (Fsp3) is 0.800. The molecule has 0 aliphatic heterocycles. The molecule has 0 heterocycles. The summed E-state index contributed by atoms with van der Waals surface area (Å²) in [5, 5.41) is 0. The van der Waals surface area contributed by atoms with E-state index in [-0.39, 0.29) is 32.0 Å². The van der Waals surface area contributed by atoms with Gasteiger partial charge in [0.25, 0.3) is 0 Å². The van der Waals surface area contributed by atoms with E-state index in [9.17, 15) is 19.0 Å². The predicted octanol–water partition coefficient (Wildman–Crippen LogP) is 25.3. The van der Waals surface area contributed by atoms with Gasteiger partial charge in [0.1, 0.15) is 19.8 Å². The number of carbonyl (C=O) groups is 2. The van der Waals surface area contributed by atoms with Crippen molar-refractivity contribution in [2.24, 2.45) is 0 Å². The Morgan fingerprint density at radius 1 is 0.356 bits per heavy atom. The predicted molar refractivity (Wildman–Crippen MR) is 390 cm³/mol. The van der Waals surface area contributed by atoms with E-state index in [1.807, 2.05) is 21.1 Å². The van der Waals surface area contributed by atoms with Crippen LogP contribution in [-0.4, -0.2) is 74.9 Å². The number of nitrogens with zero attached hydrogens (tertiary/aromatic N) is 1. The summed E-state index contributed by atoms with van der Waals surface area (Å²) < 4.78 is 34.8. The zero-order chi connectivity index (χ0) is 65.5. The van der Waals surface area contributed by atoms with Crippen molar-refractivity contribution in [2.75, 3.05) is 47.5 Å². The first-order valence-corrected chi connectivity index (χ1v) is 39.8. The van der Waals surface area contributed by atoms with Crippen LogP contribution in [0.3, 0.4) is 0 Å². The molecule has 0 aromatic carbocycles. The van der Waals surface area contributed by atoms with Crippen molar-refractivity contribution < 1.29 is 42.1 Å². The Hall–Kier alpha value is -2.81. The van der Waals surface area contributed by atoms with Gasteiger partial charge in [0.05, 0.1) is 27.7 Å². The van der Waals surface area contributed by atoms with Crippen molar-refractivity contribution in [3.63, 3.8) is 0 Å². The Morgan fingerprint density at radius 2 is 0.633 bits per heavy atom. The second-order valence-electron chi connectivity index (χ2n) is 27.0. The maximum absolute atomic E-state index is 12.9. The van der Waals surface area contributed by atoms with Gasteiger partial charge in [0.15, 0.2) is 6.10 Å². The molecule has 9 nitrogen and oxygen atoms in total. The van der Waals surface area contributed by atoms with Crippen molar-refractivity contribution in [1.82, 2.24) is 0 Å². The smallest absolute Gasteiger partial charge is 0.462 e. The molecule has 0 bridgehead atoms. The molecule has 0 rings (SSSR count). The van der Waals surface area contributed by atoms with Crippen LogP contribution in [-0.2, 0) is 32.7 Å². The number of hydrogen-bond acceptors (Lipinski definition) is 7. The van der Waals surface area contributed by atoms with Crippen molar-refractivity contribution >= 4 is 19.8 Å². The van der Waals surface area contributed by atoms with Gasteiger partial charge >= 0.3 is 19.8 Å². The van der Waals surface area contributed by atoms with Crippen molar-refractivity contribution in [3.8, 4) is 0 Å². The number of carbonyl (C=O) groups excluding carboxylic acids is 2. The number of ether oxygens (including phenoxy) is 2. The van der Waals surface area contributed by atoms with Crippen LogP contribution in [0.4, 0.5) is 0 Å². The van der Waals surface area contributed by atoms with E-state index in [0.717, 1.165) is 70.6 Å². The number of hydrogen-bond donors (Lipinski definition) is 1. The monoisotopic (exact) mass is 1280 g/mol. The van der Waals surface area contributed by atoms with Gasteiger partial charge in [0, 0.05) is 12.8 Å². The molecular weight excluding hydrogens is 1130 g/mol. The lowest BCUT2D eigenvalue weighted by Crippen LogP contribution is -2.37. The number of likely N-dealkylation sites (N-methyl/N-ethyl adjacent to an activating group) is 1. The van der Waals surface area contributed by atoms with Crippen LogP contribution in [0.2, 0.25) is 0 Å². The number of esters is 2. The second kappa shape index (κ2) is 70.5. The number of unbranched alkanes of at least 4 members (excludes halogenated alkanes) is 43. The number of allylic oxidation sites excluding steroid dienone is 14. The van der Waals surface area contributed by atoms with E-state index in [2.05, 4.69) is 98.9 Å². The molecule has 0 amide bonds. The number of phosphoric acid groups is 1. The highest BCUT2D eigenvalue weighted by Crippen LogP contribution is 2.43. The third kappa shape index (κ3) is 74.2. The molecular formula is C80H147NO8P+. The summed E-state index contributed by atoms with van der Waals surface area (Å²) in [5.74, 6) is -0.781. The van der Waals surface area contributed by atoms with Gasteiger partial charge in [-0.3, -0.25) is 18.6 Å². The molecule has 10 heteroatoms. The van der Waals surface area contributed by atoms with E-state index in [4.69, 9.17) is 18.5 Å². The molecule has 524 valence electrons. The van der Waals surface area contributed by atoms with Gasteiger partial charge in [-0.2, -0.15) is 0 Å². The Bertz CT molecular complexity index is 1800. The number of quaternary nitrogens is 1. The molecule has 2 unspecified atom stereocenters. The van der Waals surface area contributed by atoms with E-state index in [1.165, 1.54) is 257 Å². The highest BCUT2D eigenvalue weighted by Gasteiger charge is 2.27. The minimum absolute atomic E-state index is 0.0322. The Labute approximate surface area is 558 Å². The Morgan fingerprint density at radius 3 is 0.944 bits per heavy atom. The van der Waals surface area contributed by atoms with Gasteiger partial charge in [0.2, 0.25) is 0 Å². The minimum atomic E-state index is -4.39. The maximum atomic E-state index is 12.9. The molecule has 0 spiro atoms. The first kappa shape index (κ1) is 87.2. The highest BCUT2D eigenvalue weighted by atomic mass is 31.2. The van der Waals surface area contributed by atoms with Crippen LogP contribution in [0.25, 0.3) is 0 Å². The lowest BCUT2D eigenvalue weighted by molar-refractivity contribution is -0.870. The van der Waals surface area contributed by atoms with Crippen LogP contribution in [0.1, 0.15) is 361 Å². The third-order valence-corrected chi connectivity index (χ3v) is 17.9. The fourth-order valence-corrected chi connectivity index (χ4v) is 11.8. The van der Waals surface area contributed by atoms with E-state index < -0.39 is 26.5 Å². The summed E-state index contributed by atoms with van der Waals surface area (Å²) in [6.07, 6.45) is 97.2. The highest BCUT2D eigenvalue weighted by molar-refractivity contribution is 7.47. The molecule has 2 atom stereocenters. The minimum Gasteiger partial charge on any atom is -0.462 e. The van der Waals surface area contributed by atoms with E-state index in [0.29, 0.717) is 17.4 Å². The lowest BCUT2D eigenvalue weighted by Gasteiger charge is -2.24. The van der Waals surface area contributed by atoms with E-state index >= 15 is 0 Å². The molecule has 0 saturated heterocycles. The summed E-state index contributed by atoms with van der Waals surface area (Å²) >= 11 is 0. The first-order chi connectivity index (χ1) is 44.0. The van der Waals surface area contributed by atoms with Gasteiger partial charge < -0.3 is 18.9 Å². The zero-order valence-electron chi connectivity index (χ0n) is 59.9. The normalized spacial score (nSPS) is 13.5. The standard InChI is InChI=1S/C80H146NO8P/c1-6-8-10-12-14-16-18-20-22-24-26-28-30-32-33-34-35-36-37-38-39-40-41-42-43-44-45-46-47-49-51-53-55-57-59-61-63-65-67-69-71-73-80(83)89-78(77-88-90(84,85)87-75-74-81(3,4)5)76-86-79(82)72-70-68-66-64-62-60-58-56-54-52-50-48-31-29-27-25-23-21-19-17-15-13-11-9-7-2/h8,10,14,16,19-22,25-28,32-33,78H,6-7,9,11-13,15,17-18,23-24,29-31,34-77H2,1-5H3/p+1/b10-8-,16-14-,21-19-,22-20-,27-25-,28-26-,33-32-. The first-order valence-electron chi connectivity index (χ1n) is 38.3. The summed E-state index contributed by atoms with van der Waals surface area (Å²) in [7, 11) is 1.49. The van der Waals surface area contributed by atoms with Crippen LogP contribution < -0.4 is 0 Å². The van der Waals surface area contributed by atoms with Crippen LogP contribution in [0.15, 0.2) is 85.1 Å².